The Balaban J connectivity index is 1.55. The normalized spacial score (nSPS) is 17.2. The van der Waals surface area contributed by atoms with Crippen LogP contribution in [-0.4, -0.2) is 17.7 Å². The minimum atomic E-state index is -0.299. The molecular formula is C18H16N2O3S. The molecule has 1 aromatic carbocycles. The van der Waals surface area contributed by atoms with Crippen LogP contribution >= 0.6 is 11.3 Å². The van der Waals surface area contributed by atoms with Gasteiger partial charge >= 0.3 is 0 Å². The van der Waals surface area contributed by atoms with Crippen molar-refractivity contribution < 1.29 is 14.4 Å². The Morgan fingerprint density at radius 2 is 2.04 bits per heavy atom. The zero-order valence-corrected chi connectivity index (χ0v) is 13.6. The molecule has 0 saturated carbocycles. The van der Waals surface area contributed by atoms with Crippen LogP contribution in [0.25, 0.3) is 6.08 Å². The largest absolute Gasteiger partial charge is 0.323 e. The molecule has 3 amide bonds. The molecule has 0 unspecified atom stereocenters. The molecule has 2 N–H and O–H groups in total. The van der Waals surface area contributed by atoms with Crippen LogP contribution in [0, 0.1) is 5.92 Å². The number of thiophene rings is 1. The number of carbonyl (C=O) groups is 3. The van der Waals surface area contributed by atoms with E-state index in [-0.39, 0.29) is 30.1 Å². The van der Waals surface area contributed by atoms with E-state index in [1.807, 2.05) is 29.6 Å². The molecular weight excluding hydrogens is 324 g/mol. The van der Waals surface area contributed by atoms with Crippen LogP contribution < -0.4 is 10.6 Å². The maximum atomic E-state index is 11.9. The smallest absolute Gasteiger partial charge is 0.248 e. The second-order valence-corrected chi connectivity index (χ2v) is 6.53. The molecule has 1 saturated heterocycles. The Morgan fingerprint density at radius 1 is 1.25 bits per heavy atom. The van der Waals surface area contributed by atoms with Gasteiger partial charge in [-0.1, -0.05) is 18.2 Å². The van der Waals surface area contributed by atoms with Crippen LogP contribution in [0.5, 0.6) is 0 Å². The second-order valence-electron chi connectivity index (χ2n) is 5.55. The quantitative estimate of drug-likeness (QED) is 0.649. The first-order valence-corrected chi connectivity index (χ1v) is 8.43. The van der Waals surface area contributed by atoms with Gasteiger partial charge in [-0.25, -0.2) is 0 Å². The highest BCUT2D eigenvalue weighted by Gasteiger charge is 2.30. The van der Waals surface area contributed by atoms with E-state index in [2.05, 4.69) is 10.6 Å². The van der Waals surface area contributed by atoms with Gasteiger partial charge in [0, 0.05) is 23.1 Å². The fourth-order valence-electron chi connectivity index (χ4n) is 2.51. The summed E-state index contributed by atoms with van der Waals surface area (Å²) in [6.07, 6.45) is 4.02. The minimum Gasteiger partial charge on any atom is -0.323 e. The highest BCUT2D eigenvalue weighted by molar-refractivity contribution is 7.10. The Bertz CT molecular complexity index is 779. The second kappa shape index (κ2) is 7.23. The van der Waals surface area contributed by atoms with Gasteiger partial charge in [-0.2, -0.15) is 0 Å². The maximum Gasteiger partial charge on any atom is 0.248 e. The molecule has 3 rings (SSSR count). The third-order valence-corrected chi connectivity index (χ3v) is 4.55. The molecule has 1 aliphatic rings. The molecule has 2 heterocycles. The van der Waals surface area contributed by atoms with Crippen LogP contribution in [0.1, 0.15) is 16.9 Å². The van der Waals surface area contributed by atoms with Crippen LogP contribution in [0.3, 0.4) is 0 Å². The van der Waals surface area contributed by atoms with Crippen molar-refractivity contribution in [3.05, 3.63) is 58.3 Å². The summed E-state index contributed by atoms with van der Waals surface area (Å²) in [6, 6.07) is 11.2. The molecule has 6 heteroatoms. The topological polar surface area (TPSA) is 75.3 Å². The molecule has 0 radical (unpaired) electrons. The SMILES string of the molecule is O=C(/C=C\c1cccs1)Nc1ccc(C[C@@H]2CC(=O)NC2=O)cc1. The third-order valence-electron chi connectivity index (χ3n) is 3.71. The number of hydrogen-bond donors (Lipinski definition) is 2. The van der Waals surface area contributed by atoms with Gasteiger partial charge in [0.2, 0.25) is 17.7 Å². The molecule has 2 aromatic rings. The molecule has 0 bridgehead atoms. The first kappa shape index (κ1) is 16.1. The number of anilines is 1. The van der Waals surface area contributed by atoms with Gasteiger partial charge in [-0.15, -0.1) is 11.3 Å². The summed E-state index contributed by atoms with van der Waals surface area (Å²) >= 11 is 1.57. The molecule has 1 fully saturated rings. The standard InChI is InChI=1S/C18H16N2O3S/c21-16(8-7-15-2-1-9-24-15)19-14-5-3-12(4-6-14)10-13-11-17(22)20-18(13)23/h1-9,13H,10-11H2,(H,19,21)(H,20,22,23)/b8-7-/t13-/m1/s1. The van der Waals surface area contributed by atoms with Crippen molar-refractivity contribution in [1.29, 1.82) is 0 Å². The van der Waals surface area contributed by atoms with Gasteiger partial charge in [-0.3, -0.25) is 19.7 Å². The summed E-state index contributed by atoms with van der Waals surface area (Å²) in [4.78, 5) is 35.7. The molecule has 5 nitrogen and oxygen atoms in total. The highest BCUT2D eigenvalue weighted by Crippen LogP contribution is 2.19. The molecule has 0 aliphatic carbocycles. The van der Waals surface area contributed by atoms with Crippen LogP contribution in [0.2, 0.25) is 0 Å². The van der Waals surface area contributed by atoms with E-state index in [0.29, 0.717) is 12.1 Å². The molecule has 1 atom stereocenters. The molecule has 122 valence electrons. The fourth-order valence-corrected chi connectivity index (χ4v) is 3.13. The highest BCUT2D eigenvalue weighted by atomic mass is 32.1. The predicted octanol–water partition coefficient (Wildman–Crippen LogP) is 2.61. The van der Waals surface area contributed by atoms with Gasteiger partial charge < -0.3 is 5.32 Å². The Kier molecular flexibility index (Phi) is 4.86. The minimum absolute atomic E-state index is 0.197. The lowest BCUT2D eigenvalue weighted by Gasteiger charge is -2.07. The Hall–Kier alpha value is -2.73. The fraction of sp³-hybridized carbons (Fsp3) is 0.167. The number of rotatable bonds is 5. The van der Waals surface area contributed by atoms with E-state index in [9.17, 15) is 14.4 Å². The van der Waals surface area contributed by atoms with Crippen molar-refractivity contribution in [2.24, 2.45) is 5.92 Å². The summed E-state index contributed by atoms with van der Waals surface area (Å²) in [5.74, 6) is -0.925. The lowest BCUT2D eigenvalue weighted by molar-refractivity contribution is -0.125. The van der Waals surface area contributed by atoms with E-state index < -0.39 is 0 Å². The van der Waals surface area contributed by atoms with Crippen molar-refractivity contribution in [2.75, 3.05) is 5.32 Å². The maximum absolute atomic E-state index is 11.9. The summed E-state index contributed by atoms with van der Waals surface area (Å²) in [6.45, 7) is 0. The van der Waals surface area contributed by atoms with Gasteiger partial charge in [0.25, 0.3) is 0 Å². The summed E-state index contributed by atoms with van der Waals surface area (Å²) in [5, 5.41) is 7.05. The first-order chi connectivity index (χ1) is 11.6. The summed E-state index contributed by atoms with van der Waals surface area (Å²) < 4.78 is 0. The van der Waals surface area contributed by atoms with Crippen LogP contribution in [0.4, 0.5) is 5.69 Å². The van der Waals surface area contributed by atoms with Crippen molar-refractivity contribution >= 4 is 40.8 Å². The van der Waals surface area contributed by atoms with E-state index in [0.717, 1.165) is 10.4 Å². The van der Waals surface area contributed by atoms with E-state index >= 15 is 0 Å². The van der Waals surface area contributed by atoms with Crippen LogP contribution in [-0.2, 0) is 20.8 Å². The number of nitrogens with one attached hydrogen (secondary N) is 2. The Labute approximate surface area is 143 Å². The number of hydrogen-bond acceptors (Lipinski definition) is 4. The summed E-state index contributed by atoms with van der Waals surface area (Å²) in [7, 11) is 0. The average Bonchev–Trinajstić information content (AvgIpc) is 3.17. The van der Waals surface area contributed by atoms with Crippen molar-refractivity contribution in [3.63, 3.8) is 0 Å². The zero-order chi connectivity index (χ0) is 16.9. The molecule has 1 aromatic heterocycles. The molecule has 0 spiro atoms. The Morgan fingerprint density at radius 3 is 2.67 bits per heavy atom. The van der Waals surface area contributed by atoms with Gasteiger partial charge in [0.1, 0.15) is 0 Å². The monoisotopic (exact) mass is 340 g/mol. The average molecular weight is 340 g/mol. The number of amides is 3. The van der Waals surface area contributed by atoms with Gasteiger partial charge in [0.15, 0.2) is 0 Å². The van der Waals surface area contributed by atoms with E-state index in [4.69, 9.17) is 0 Å². The number of imide groups is 1. The lowest BCUT2D eigenvalue weighted by atomic mass is 9.98. The third kappa shape index (κ3) is 4.17. The molecule has 1 aliphatic heterocycles. The number of benzene rings is 1. The predicted molar refractivity (Wildman–Crippen MR) is 93.4 cm³/mol. The van der Waals surface area contributed by atoms with Crippen molar-refractivity contribution in [3.8, 4) is 0 Å². The molecule has 24 heavy (non-hydrogen) atoms. The number of carbonyl (C=O) groups excluding carboxylic acids is 3. The van der Waals surface area contributed by atoms with E-state index in [1.54, 1.807) is 29.5 Å². The van der Waals surface area contributed by atoms with Crippen molar-refractivity contribution in [1.82, 2.24) is 5.32 Å². The zero-order valence-electron chi connectivity index (χ0n) is 12.8. The van der Waals surface area contributed by atoms with Gasteiger partial charge in [-0.05, 0) is 41.6 Å². The lowest BCUT2D eigenvalue weighted by Crippen LogP contribution is -2.22. The van der Waals surface area contributed by atoms with Crippen molar-refractivity contribution in [2.45, 2.75) is 12.8 Å². The van der Waals surface area contributed by atoms with E-state index in [1.165, 1.54) is 6.08 Å². The summed E-state index contributed by atoms with van der Waals surface area (Å²) in [5.41, 5.74) is 1.64. The van der Waals surface area contributed by atoms with Crippen LogP contribution in [0.15, 0.2) is 47.9 Å². The first-order valence-electron chi connectivity index (χ1n) is 7.55. The van der Waals surface area contributed by atoms with Gasteiger partial charge in [0.05, 0.1) is 5.92 Å².